The molecule has 1 unspecified atom stereocenters. The van der Waals surface area contributed by atoms with E-state index in [0.29, 0.717) is 0 Å². The largest absolute Gasteiger partial charge is 0.393 e. The molecule has 0 saturated carbocycles. The van der Waals surface area contributed by atoms with Gasteiger partial charge in [-0.2, -0.15) is 0 Å². The lowest BCUT2D eigenvalue weighted by atomic mass is 10.2. The Bertz CT molecular complexity index is 180. The first-order valence-electron chi connectivity index (χ1n) is 5.47. The Kier molecular flexibility index (Phi) is 5.83. The van der Waals surface area contributed by atoms with E-state index >= 15 is 0 Å². The van der Waals surface area contributed by atoms with Crippen LogP contribution in [-0.2, 0) is 4.74 Å². The van der Waals surface area contributed by atoms with Crippen molar-refractivity contribution in [3.05, 3.63) is 11.6 Å². The fourth-order valence-electron chi connectivity index (χ4n) is 1.45. The van der Waals surface area contributed by atoms with E-state index in [9.17, 15) is 5.11 Å². The van der Waals surface area contributed by atoms with Crippen molar-refractivity contribution < 1.29 is 9.84 Å². The second kappa shape index (κ2) is 6.98. The van der Waals surface area contributed by atoms with Gasteiger partial charge >= 0.3 is 0 Å². The lowest BCUT2D eigenvalue weighted by molar-refractivity contribution is 0.147. The van der Waals surface area contributed by atoms with Gasteiger partial charge in [0.25, 0.3) is 0 Å². The smallest absolute Gasteiger partial charge is 0.0689 e. The highest BCUT2D eigenvalue weighted by Gasteiger charge is 2.03. The Morgan fingerprint density at radius 1 is 1.64 bits per heavy atom. The van der Waals surface area contributed by atoms with E-state index in [2.05, 4.69) is 11.4 Å². The molecule has 0 radical (unpaired) electrons. The molecule has 0 aromatic heterocycles. The van der Waals surface area contributed by atoms with Crippen molar-refractivity contribution in [3.8, 4) is 0 Å². The summed E-state index contributed by atoms with van der Waals surface area (Å²) in [6.07, 6.45) is 4.80. The Labute approximate surface area is 86.2 Å². The molecule has 0 bridgehead atoms. The summed E-state index contributed by atoms with van der Waals surface area (Å²) in [6.45, 7) is 5.41. The first-order chi connectivity index (χ1) is 6.83. The first-order valence-corrected chi connectivity index (χ1v) is 5.47. The fourth-order valence-corrected chi connectivity index (χ4v) is 1.45. The van der Waals surface area contributed by atoms with E-state index in [4.69, 9.17) is 4.74 Å². The van der Waals surface area contributed by atoms with Crippen LogP contribution in [0.15, 0.2) is 11.6 Å². The molecule has 3 heteroatoms. The van der Waals surface area contributed by atoms with E-state index < -0.39 is 0 Å². The highest BCUT2D eigenvalue weighted by Crippen LogP contribution is 2.04. The number of aliphatic hydroxyl groups excluding tert-OH is 1. The predicted molar refractivity (Wildman–Crippen MR) is 57.3 cm³/mol. The van der Waals surface area contributed by atoms with Gasteiger partial charge in [-0.1, -0.05) is 13.0 Å². The van der Waals surface area contributed by atoms with Gasteiger partial charge in [-0.25, -0.2) is 0 Å². The third-order valence-electron chi connectivity index (χ3n) is 2.46. The van der Waals surface area contributed by atoms with E-state index in [1.165, 1.54) is 5.57 Å². The van der Waals surface area contributed by atoms with Crippen LogP contribution in [-0.4, -0.2) is 37.5 Å². The predicted octanol–water partition coefficient (Wildman–Crippen LogP) is 1.08. The molecule has 0 spiro atoms. The van der Waals surface area contributed by atoms with Crippen LogP contribution >= 0.6 is 0 Å². The van der Waals surface area contributed by atoms with Crippen molar-refractivity contribution in [1.82, 2.24) is 5.32 Å². The molecule has 1 aliphatic heterocycles. The molecule has 3 nitrogen and oxygen atoms in total. The zero-order valence-electron chi connectivity index (χ0n) is 8.96. The maximum atomic E-state index is 9.32. The van der Waals surface area contributed by atoms with E-state index in [1.54, 1.807) is 0 Å². The van der Waals surface area contributed by atoms with Crippen LogP contribution in [0.4, 0.5) is 0 Å². The highest BCUT2D eigenvalue weighted by molar-refractivity contribution is 5.06. The fraction of sp³-hybridized carbons (Fsp3) is 0.818. The lowest BCUT2D eigenvalue weighted by Crippen LogP contribution is -2.24. The van der Waals surface area contributed by atoms with Crippen LogP contribution in [0.25, 0.3) is 0 Å². The summed E-state index contributed by atoms with van der Waals surface area (Å²) >= 11 is 0. The molecule has 0 aliphatic carbocycles. The topological polar surface area (TPSA) is 41.5 Å². The average molecular weight is 199 g/mol. The molecule has 1 rings (SSSR count). The first kappa shape index (κ1) is 11.7. The molecule has 82 valence electrons. The minimum atomic E-state index is -0.154. The minimum absolute atomic E-state index is 0.154. The lowest BCUT2D eigenvalue weighted by Gasteiger charge is -2.14. The molecule has 14 heavy (non-hydrogen) atoms. The molecule has 1 aliphatic rings. The average Bonchev–Trinajstić information content (AvgIpc) is 2.25. The number of rotatable bonds is 6. The van der Waals surface area contributed by atoms with Gasteiger partial charge in [0.15, 0.2) is 0 Å². The van der Waals surface area contributed by atoms with Gasteiger partial charge in [-0.15, -0.1) is 0 Å². The number of nitrogens with one attached hydrogen (secondary N) is 1. The maximum Gasteiger partial charge on any atom is 0.0689 e. The maximum absolute atomic E-state index is 9.32. The minimum Gasteiger partial charge on any atom is -0.393 e. The van der Waals surface area contributed by atoms with Crippen molar-refractivity contribution >= 4 is 0 Å². The number of ether oxygens (including phenoxy) is 1. The summed E-state index contributed by atoms with van der Waals surface area (Å²) in [6, 6.07) is 0. The Hall–Kier alpha value is -0.380. The highest BCUT2D eigenvalue weighted by atomic mass is 16.5. The second-order valence-electron chi connectivity index (χ2n) is 3.73. The Morgan fingerprint density at radius 3 is 3.14 bits per heavy atom. The molecule has 0 aromatic rings. The SMILES string of the molecule is CCC(O)CCNCC1=CCCOC1. The van der Waals surface area contributed by atoms with Crippen molar-refractivity contribution in [2.75, 3.05) is 26.3 Å². The summed E-state index contributed by atoms with van der Waals surface area (Å²) in [5.41, 5.74) is 1.34. The summed E-state index contributed by atoms with van der Waals surface area (Å²) in [5, 5.41) is 12.6. The molecule has 2 N–H and O–H groups in total. The van der Waals surface area contributed by atoms with Crippen LogP contribution in [0.1, 0.15) is 26.2 Å². The second-order valence-corrected chi connectivity index (χ2v) is 3.73. The third-order valence-corrected chi connectivity index (χ3v) is 2.46. The van der Waals surface area contributed by atoms with Gasteiger partial charge in [-0.3, -0.25) is 0 Å². The third kappa shape index (κ3) is 4.74. The normalized spacial score (nSPS) is 19.1. The summed E-state index contributed by atoms with van der Waals surface area (Å²) in [5.74, 6) is 0. The van der Waals surface area contributed by atoms with E-state index in [1.807, 2.05) is 6.92 Å². The number of hydrogen-bond donors (Lipinski definition) is 2. The molecule has 0 amide bonds. The van der Waals surface area contributed by atoms with Crippen molar-refractivity contribution in [3.63, 3.8) is 0 Å². The molecule has 0 aromatic carbocycles. The van der Waals surface area contributed by atoms with Crippen LogP contribution in [0.5, 0.6) is 0 Å². The Balaban J connectivity index is 2.00. The zero-order chi connectivity index (χ0) is 10.2. The molecule has 0 saturated heterocycles. The van der Waals surface area contributed by atoms with E-state index in [-0.39, 0.29) is 6.10 Å². The van der Waals surface area contributed by atoms with Crippen LogP contribution in [0.3, 0.4) is 0 Å². The summed E-state index contributed by atoms with van der Waals surface area (Å²) < 4.78 is 5.32. The van der Waals surface area contributed by atoms with Crippen molar-refractivity contribution in [2.24, 2.45) is 0 Å². The van der Waals surface area contributed by atoms with Crippen LogP contribution in [0.2, 0.25) is 0 Å². The van der Waals surface area contributed by atoms with E-state index in [0.717, 1.165) is 45.6 Å². The van der Waals surface area contributed by atoms with Gasteiger partial charge in [0.1, 0.15) is 0 Å². The van der Waals surface area contributed by atoms with Gasteiger partial charge in [0, 0.05) is 6.54 Å². The molecule has 1 atom stereocenters. The quantitative estimate of drug-likeness (QED) is 0.497. The van der Waals surface area contributed by atoms with Crippen molar-refractivity contribution in [1.29, 1.82) is 0 Å². The standard InChI is InChI=1S/C11H21NO2/c1-2-11(13)5-6-12-8-10-4-3-7-14-9-10/h4,11-13H,2-3,5-9H2,1H3. The molecular weight excluding hydrogens is 178 g/mol. The molecule has 0 fully saturated rings. The number of aliphatic hydroxyl groups is 1. The Morgan fingerprint density at radius 2 is 2.50 bits per heavy atom. The number of hydrogen-bond acceptors (Lipinski definition) is 3. The molecule has 1 heterocycles. The van der Waals surface area contributed by atoms with Crippen LogP contribution in [0, 0.1) is 0 Å². The van der Waals surface area contributed by atoms with Gasteiger partial charge in [0.05, 0.1) is 19.3 Å². The summed E-state index contributed by atoms with van der Waals surface area (Å²) in [4.78, 5) is 0. The summed E-state index contributed by atoms with van der Waals surface area (Å²) in [7, 11) is 0. The van der Waals surface area contributed by atoms with Crippen LogP contribution < -0.4 is 5.32 Å². The monoisotopic (exact) mass is 199 g/mol. The van der Waals surface area contributed by atoms with Gasteiger partial charge < -0.3 is 15.2 Å². The van der Waals surface area contributed by atoms with Crippen molar-refractivity contribution in [2.45, 2.75) is 32.3 Å². The van der Waals surface area contributed by atoms with Gasteiger partial charge in [-0.05, 0) is 31.4 Å². The zero-order valence-corrected chi connectivity index (χ0v) is 8.96. The van der Waals surface area contributed by atoms with Gasteiger partial charge in [0.2, 0.25) is 0 Å². The molecular formula is C11H21NO2.